The standard InChI is InChI=1S/C15H25ClN4/c1-11-6-5-7-15(8-11,20(3)4)10-18-13-12(2)9-17-14(16)19-13/h9,11H,5-8,10H2,1-4H3,(H,17,18,19). The molecule has 112 valence electrons. The summed E-state index contributed by atoms with van der Waals surface area (Å²) in [5.74, 6) is 1.63. The maximum atomic E-state index is 5.89. The van der Waals surface area contributed by atoms with E-state index in [1.165, 1.54) is 25.7 Å². The third-order valence-corrected chi connectivity index (χ3v) is 4.73. The van der Waals surface area contributed by atoms with E-state index in [1.54, 1.807) is 6.20 Å². The van der Waals surface area contributed by atoms with Gasteiger partial charge in [0.2, 0.25) is 5.28 Å². The highest BCUT2D eigenvalue weighted by Gasteiger charge is 2.36. The monoisotopic (exact) mass is 296 g/mol. The Labute approximate surface area is 126 Å². The smallest absolute Gasteiger partial charge is 0.224 e. The Morgan fingerprint density at radius 2 is 2.25 bits per heavy atom. The number of aryl methyl sites for hydroxylation is 1. The van der Waals surface area contributed by atoms with Gasteiger partial charge < -0.3 is 10.2 Å². The van der Waals surface area contributed by atoms with Crippen LogP contribution in [0.1, 0.15) is 38.2 Å². The molecule has 0 amide bonds. The van der Waals surface area contributed by atoms with Crippen molar-refractivity contribution in [3.63, 3.8) is 0 Å². The minimum atomic E-state index is 0.210. The molecule has 0 spiro atoms. The van der Waals surface area contributed by atoms with Crippen molar-refractivity contribution in [2.75, 3.05) is 26.0 Å². The molecule has 20 heavy (non-hydrogen) atoms. The highest BCUT2D eigenvalue weighted by Crippen LogP contribution is 2.35. The first kappa shape index (κ1) is 15.5. The molecule has 2 atom stereocenters. The molecule has 2 rings (SSSR count). The van der Waals surface area contributed by atoms with Crippen molar-refractivity contribution in [1.29, 1.82) is 0 Å². The summed E-state index contributed by atoms with van der Waals surface area (Å²) in [5, 5.41) is 3.79. The summed E-state index contributed by atoms with van der Waals surface area (Å²) in [5.41, 5.74) is 1.24. The van der Waals surface area contributed by atoms with Gasteiger partial charge in [-0.25, -0.2) is 9.97 Å². The summed E-state index contributed by atoms with van der Waals surface area (Å²) >= 11 is 5.89. The van der Waals surface area contributed by atoms with E-state index in [0.717, 1.165) is 23.8 Å². The molecule has 1 aliphatic carbocycles. The minimum absolute atomic E-state index is 0.210. The second kappa shape index (κ2) is 6.27. The minimum Gasteiger partial charge on any atom is -0.368 e. The van der Waals surface area contributed by atoms with Crippen molar-refractivity contribution in [1.82, 2.24) is 14.9 Å². The summed E-state index contributed by atoms with van der Waals surface area (Å²) in [7, 11) is 4.36. The van der Waals surface area contributed by atoms with E-state index in [-0.39, 0.29) is 5.54 Å². The molecule has 5 heteroatoms. The second-order valence-corrected chi connectivity index (χ2v) is 6.68. The number of hydrogen-bond donors (Lipinski definition) is 1. The number of anilines is 1. The summed E-state index contributed by atoms with van der Waals surface area (Å²) < 4.78 is 0. The van der Waals surface area contributed by atoms with Gasteiger partial charge in [-0.05, 0) is 51.4 Å². The van der Waals surface area contributed by atoms with E-state index in [2.05, 4.69) is 41.2 Å². The largest absolute Gasteiger partial charge is 0.368 e. The van der Waals surface area contributed by atoms with Crippen LogP contribution in [0.25, 0.3) is 0 Å². The average molecular weight is 297 g/mol. The third kappa shape index (κ3) is 3.41. The zero-order valence-corrected chi connectivity index (χ0v) is 13.7. The van der Waals surface area contributed by atoms with Gasteiger partial charge in [-0.2, -0.15) is 0 Å². The van der Waals surface area contributed by atoms with E-state index >= 15 is 0 Å². The lowest BCUT2D eigenvalue weighted by molar-refractivity contribution is 0.0881. The zero-order valence-electron chi connectivity index (χ0n) is 12.9. The van der Waals surface area contributed by atoms with Crippen LogP contribution in [0.3, 0.4) is 0 Å². The van der Waals surface area contributed by atoms with Gasteiger partial charge in [-0.1, -0.05) is 19.8 Å². The van der Waals surface area contributed by atoms with Crippen LogP contribution in [-0.2, 0) is 0 Å². The Morgan fingerprint density at radius 3 is 2.90 bits per heavy atom. The molecule has 0 saturated heterocycles. The Morgan fingerprint density at radius 1 is 1.50 bits per heavy atom. The fraction of sp³-hybridized carbons (Fsp3) is 0.733. The number of halogens is 1. The quantitative estimate of drug-likeness (QED) is 0.865. The molecule has 1 N–H and O–H groups in total. The lowest BCUT2D eigenvalue weighted by atomic mass is 9.75. The van der Waals surface area contributed by atoms with E-state index in [0.29, 0.717) is 5.28 Å². The van der Waals surface area contributed by atoms with E-state index < -0.39 is 0 Å². The lowest BCUT2D eigenvalue weighted by Crippen LogP contribution is -2.52. The summed E-state index contributed by atoms with van der Waals surface area (Å²) in [6.07, 6.45) is 6.86. The van der Waals surface area contributed by atoms with E-state index in [4.69, 9.17) is 11.6 Å². The van der Waals surface area contributed by atoms with Crippen molar-refractivity contribution >= 4 is 17.4 Å². The van der Waals surface area contributed by atoms with Crippen molar-refractivity contribution in [3.05, 3.63) is 17.0 Å². The van der Waals surface area contributed by atoms with Crippen LogP contribution in [-0.4, -0.2) is 41.0 Å². The maximum Gasteiger partial charge on any atom is 0.224 e. The highest BCUT2D eigenvalue weighted by atomic mass is 35.5. The number of nitrogens with one attached hydrogen (secondary N) is 1. The topological polar surface area (TPSA) is 41.1 Å². The molecule has 1 aromatic heterocycles. The Kier molecular flexibility index (Phi) is 4.86. The van der Waals surface area contributed by atoms with Crippen molar-refractivity contribution < 1.29 is 0 Å². The zero-order chi connectivity index (χ0) is 14.8. The first-order chi connectivity index (χ1) is 9.43. The van der Waals surface area contributed by atoms with Crippen LogP contribution in [0.2, 0.25) is 5.28 Å². The van der Waals surface area contributed by atoms with Gasteiger partial charge >= 0.3 is 0 Å². The van der Waals surface area contributed by atoms with Gasteiger partial charge in [0.05, 0.1) is 0 Å². The Balaban J connectivity index is 2.11. The normalized spacial score (nSPS) is 26.8. The number of nitrogens with zero attached hydrogens (tertiary/aromatic N) is 3. The maximum absolute atomic E-state index is 5.89. The van der Waals surface area contributed by atoms with Gasteiger partial charge in [0, 0.05) is 23.8 Å². The predicted octanol–water partition coefficient (Wildman–Crippen LogP) is 3.36. The molecule has 2 unspecified atom stereocenters. The average Bonchev–Trinajstić information content (AvgIpc) is 2.40. The lowest BCUT2D eigenvalue weighted by Gasteiger charge is -2.45. The molecule has 4 nitrogen and oxygen atoms in total. The Hall–Kier alpha value is -0.870. The van der Waals surface area contributed by atoms with Gasteiger partial charge in [-0.3, -0.25) is 0 Å². The third-order valence-electron chi connectivity index (χ3n) is 4.54. The van der Waals surface area contributed by atoms with Gasteiger partial charge in [-0.15, -0.1) is 0 Å². The fourth-order valence-electron chi connectivity index (χ4n) is 3.20. The van der Waals surface area contributed by atoms with Crippen LogP contribution < -0.4 is 5.32 Å². The number of rotatable bonds is 4. The van der Waals surface area contributed by atoms with Crippen molar-refractivity contribution in [3.8, 4) is 0 Å². The highest BCUT2D eigenvalue weighted by molar-refractivity contribution is 6.28. The molecule has 0 aromatic carbocycles. The number of hydrogen-bond acceptors (Lipinski definition) is 4. The summed E-state index contributed by atoms with van der Waals surface area (Å²) in [6.45, 7) is 5.26. The first-order valence-electron chi connectivity index (χ1n) is 7.33. The van der Waals surface area contributed by atoms with Gasteiger partial charge in [0.1, 0.15) is 5.82 Å². The molecule has 1 aliphatic rings. The van der Waals surface area contributed by atoms with Crippen LogP contribution in [0.5, 0.6) is 0 Å². The fourth-order valence-corrected chi connectivity index (χ4v) is 3.34. The van der Waals surface area contributed by atoms with Crippen molar-refractivity contribution in [2.24, 2.45) is 5.92 Å². The van der Waals surface area contributed by atoms with Crippen molar-refractivity contribution in [2.45, 2.75) is 45.1 Å². The van der Waals surface area contributed by atoms with Crippen LogP contribution >= 0.6 is 11.6 Å². The van der Waals surface area contributed by atoms with Crippen LogP contribution in [0.4, 0.5) is 5.82 Å². The molecule has 1 fully saturated rings. The molecular weight excluding hydrogens is 272 g/mol. The summed E-state index contributed by atoms with van der Waals surface area (Å²) in [6, 6.07) is 0. The van der Waals surface area contributed by atoms with Gasteiger partial charge in [0.15, 0.2) is 0 Å². The number of aromatic nitrogens is 2. The molecular formula is C15H25ClN4. The van der Waals surface area contributed by atoms with Crippen LogP contribution in [0, 0.1) is 12.8 Å². The van der Waals surface area contributed by atoms with Crippen LogP contribution in [0.15, 0.2) is 6.20 Å². The molecule has 1 heterocycles. The predicted molar refractivity (Wildman–Crippen MR) is 84.3 cm³/mol. The Bertz CT molecular complexity index is 463. The van der Waals surface area contributed by atoms with E-state index in [9.17, 15) is 0 Å². The summed E-state index contributed by atoms with van der Waals surface area (Å²) in [4.78, 5) is 10.7. The molecule has 0 aliphatic heterocycles. The first-order valence-corrected chi connectivity index (χ1v) is 7.71. The van der Waals surface area contributed by atoms with Gasteiger partial charge in [0.25, 0.3) is 0 Å². The molecule has 0 bridgehead atoms. The SMILES string of the molecule is Cc1cnc(Cl)nc1NCC1(N(C)C)CCCC(C)C1. The van der Waals surface area contributed by atoms with E-state index in [1.807, 2.05) is 6.92 Å². The molecule has 1 aromatic rings. The molecule has 1 saturated carbocycles. The second-order valence-electron chi connectivity index (χ2n) is 6.34. The number of likely N-dealkylation sites (N-methyl/N-ethyl adjacent to an activating group) is 1. The molecule has 0 radical (unpaired) electrons.